The predicted octanol–water partition coefficient (Wildman–Crippen LogP) is 0.898. The summed E-state index contributed by atoms with van der Waals surface area (Å²) in [5.74, 6) is 0.234. The van der Waals surface area contributed by atoms with Crippen LogP contribution in [-0.2, 0) is 4.79 Å². The second kappa shape index (κ2) is 8.85. The molecule has 0 radical (unpaired) electrons. The fraction of sp³-hybridized carbons (Fsp3) is 0.526. The fourth-order valence-electron chi connectivity index (χ4n) is 3.75. The summed E-state index contributed by atoms with van der Waals surface area (Å²) in [6.07, 6.45) is 3.82. The zero-order valence-electron chi connectivity index (χ0n) is 15.4. The van der Waals surface area contributed by atoms with Crippen molar-refractivity contribution in [2.75, 3.05) is 31.5 Å². The number of benzene rings is 1. The number of anilines is 1. The van der Waals surface area contributed by atoms with Crippen molar-refractivity contribution >= 4 is 23.5 Å². The van der Waals surface area contributed by atoms with Gasteiger partial charge in [-0.25, -0.2) is 4.79 Å². The molecular formula is C19H27N5O3. The molecule has 1 aromatic carbocycles. The third-order valence-electron chi connectivity index (χ3n) is 5.13. The van der Waals surface area contributed by atoms with E-state index in [-0.39, 0.29) is 23.8 Å². The molecule has 2 aliphatic heterocycles. The molecule has 1 aromatic rings. The van der Waals surface area contributed by atoms with Gasteiger partial charge in [0.2, 0.25) is 5.91 Å². The largest absolute Gasteiger partial charge is 0.354 e. The van der Waals surface area contributed by atoms with E-state index in [1.165, 1.54) is 0 Å². The van der Waals surface area contributed by atoms with Crippen LogP contribution in [0.3, 0.4) is 0 Å². The van der Waals surface area contributed by atoms with Crippen LogP contribution in [0.2, 0.25) is 0 Å². The minimum atomic E-state index is -0.662. The molecule has 0 aliphatic carbocycles. The Morgan fingerprint density at radius 2 is 2.07 bits per heavy atom. The summed E-state index contributed by atoms with van der Waals surface area (Å²) in [7, 11) is 0. The van der Waals surface area contributed by atoms with Crippen LogP contribution in [0.5, 0.6) is 0 Å². The summed E-state index contributed by atoms with van der Waals surface area (Å²) < 4.78 is 0. The van der Waals surface area contributed by atoms with Gasteiger partial charge in [-0.05, 0) is 56.3 Å². The molecule has 146 valence electrons. The molecule has 2 heterocycles. The predicted molar refractivity (Wildman–Crippen MR) is 102 cm³/mol. The maximum absolute atomic E-state index is 12.8. The average Bonchev–Trinajstić information content (AvgIpc) is 3.20. The van der Waals surface area contributed by atoms with Crippen LogP contribution < -0.4 is 21.7 Å². The van der Waals surface area contributed by atoms with E-state index in [9.17, 15) is 14.4 Å². The summed E-state index contributed by atoms with van der Waals surface area (Å²) in [5.41, 5.74) is 6.14. The first-order valence-electron chi connectivity index (χ1n) is 9.50. The number of carbonyl (C=O) groups excluding carboxylic acids is 3. The van der Waals surface area contributed by atoms with Gasteiger partial charge in [0.1, 0.15) is 0 Å². The molecule has 5 N–H and O–H groups in total. The quantitative estimate of drug-likeness (QED) is 0.613. The molecule has 2 unspecified atom stereocenters. The van der Waals surface area contributed by atoms with Crippen molar-refractivity contribution in [3.63, 3.8) is 0 Å². The summed E-state index contributed by atoms with van der Waals surface area (Å²) in [6, 6.07) is 6.02. The van der Waals surface area contributed by atoms with E-state index in [4.69, 9.17) is 5.73 Å². The molecular weight excluding hydrogens is 346 g/mol. The van der Waals surface area contributed by atoms with Crippen LogP contribution in [0.4, 0.5) is 10.5 Å². The van der Waals surface area contributed by atoms with Gasteiger partial charge in [0.05, 0.1) is 6.04 Å². The molecule has 8 heteroatoms. The molecule has 27 heavy (non-hydrogen) atoms. The number of nitrogens with zero attached hydrogens (tertiary/aromatic N) is 1. The smallest absolute Gasteiger partial charge is 0.316 e. The molecule has 2 atom stereocenters. The highest BCUT2D eigenvalue weighted by molar-refractivity contribution is 5.96. The van der Waals surface area contributed by atoms with E-state index in [0.29, 0.717) is 30.9 Å². The first kappa shape index (κ1) is 19.2. The Bertz CT molecular complexity index is 702. The van der Waals surface area contributed by atoms with Crippen molar-refractivity contribution in [1.29, 1.82) is 0 Å². The number of piperidine rings is 1. The molecule has 0 saturated carbocycles. The van der Waals surface area contributed by atoms with Crippen LogP contribution in [-0.4, -0.2) is 55.0 Å². The number of nitrogens with one attached hydrogen (secondary N) is 3. The molecule has 0 aromatic heterocycles. The number of primary amides is 1. The van der Waals surface area contributed by atoms with Crippen LogP contribution in [0, 0.1) is 5.92 Å². The second-order valence-electron chi connectivity index (χ2n) is 7.22. The van der Waals surface area contributed by atoms with Gasteiger partial charge >= 0.3 is 6.03 Å². The van der Waals surface area contributed by atoms with E-state index in [2.05, 4.69) is 16.0 Å². The van der Waals surface area contributed by atoms with Gasteiger partial charge in [0, 0.05) is 30.9 Å². The lowest BCUT2D eigenvalue weighted by Gasteiger charge is -2.33. The zero-order valence-corrected chi connectivity index (χ0v) is 15.4. The van der Waals surface area contributed by atoms with Crippen LogP contribution in [0.1, 0.15) is 36.0 Å². The molecule has 2 saturated heterocycles. The third-order valence-corrected chi connectivity index (χ3v) is 5.13. The van der Waals surface area contributed by atoms with Crippen LogP contribution in [0.15, 0.2) is 24.3 Å². The van der Waals surface area contributed by atoms with Crippen LogP contribution >= 0.6 is 0 Å². The number of hydrogen-bond acceptors (Lipinski definition) is 4. The molecule has 0 bridgehead atoms. The number of urea groups is 1. The minimum Gasteiger partial charge on any atom is -0.354 e. The summed E-state index contributed by atoms with van der Waals surface area (Å²) in [4.78, 5) is 37.8. The van der Waals surface area contributed by atoms with Crippen molar-refractivity contribution in [2.45, 2.75) is 31.7 Å². The van der Waals surface area contributed by atoms with E-state index < -0.39 is 6.03 Å². The number of rotatable bonds is 5. The third kappa shape index (κ3) is 5.19. The molecule has 2 aliphatic rings. The maximum Gasteiger partial charge on any atom is 0.316 e. The molecule has 2 fully saturated rings. The van der Waals surface area contributed by atoms with Crippen molar-refractivity contribution in [2.24, 2.45) is 11.7 Å². The highest BCUT2D eigenvalue weighted by Crippen LogP contribution is 2.20. The summed E-state index contributed by atoms with van der Waals surface area (Å²) in [5, 5.41) is 8.71. The SMILES string of the molecule is NC(=O)Nc1cccc(C(=O)N2CCCC(CNC(=O)C3CCCN3)C2)c1. The first-order chi connectivity index (χ1) is 13.0. The highest BCUT2D eigenvalue weighted by atomic mass is 16.2. The van der Waals surface area contributed by atoms with Gasteiger partial charge < -0.3 is 26.6 Å². The van der Waals surface area contributed by atoms with Crippen molar-refractivity contribution < 1.29 is 14.4 Å². The monoisotopic (exact) mass is 373 g/mol. The fourth-order valence-corrected chi connectivity index (χ4v) is 3.75. The topological polar surface area (TPSA) is 117 Å². The van der Waals surface area contributed by atoms with Gasteiger partial charge in [-0.15, -0.1) is 0 Å². The number of carbonyl (C=O) groups is 3. The average molecular weight is 373 g/mol. The highest BCUT2D eigenvalue weighted by Gasteiger charge is 2.27. The molecule has 8 nitrogen and oxygen atoms in total. The van der Waals surface area contributed by atoms with E-state index in [1.807, 2.05) is 4.90 Å². The Morgan fingerprint density at radius 1 is 1.22 bits per heavy atom. The Kier molecular flexibility index (Phi) is 6.28. The van der Waals surface area contributed by atoms with Gasteiger partial charge in [-0.1, -0.05) is 6.07 Å². The minimum absolute atomic E-state index is 0.0566. The number of likely N-dealkylation sites (tertiary alicyclic amines) is 1. The molecule has 0 spiro atoms. The van der Waals surface area contributed by atoms with Gasteiger partial charge in [0.25, 0.3) is 5.91 Å². The van der Waals surface area contributed by atoms with E-state index in [0.717, 1.165) is 32.2 Å². The lowest BCUT2D eigenvalue weighted by atomic mass is 9.97. The Labute approximate surface area is 158 Å². The standard InChI is InChI=1S/C19H27N5O3/c20-19(27)23-15-6-1-5-14(10-15)18(26)24-9-3-4-13(12-24)11-22-17(25)16-7-2-8-21-16/h1,5-6,10,13,16,21H,2-4,7-9,11-12H2,(H,22,25)(H3,20,23,27). The first-order valence-corrected chi connectivity index (χ1v) is 9.50. The lowest BCUT2D eigenvalue weighted by molar-refractivity contribution is -0.123. The van der Waals surface area contributed by atoms with Gasteiger partial charge in [-0.2, -0.15) is 0 Å². The molecule has 3 rings (SSSR count). The summed E-state index contributed by atoms with van der Waals surface area (Å²) >= 11 is 0. The summed E-state index contributed by atoms with van der Waals surface area (Å²) in [6.45, 7) is 2.79. The Morgan fingerprint density at radius 3 is 2.81 bits per heavy atom. The normalized spacial score (nSPS) is 22.3. The number of hydrogen-bond donors (Lipinski definition) is 4. The second-order valence-corrected chi connectivity index (χ2v) is 7.22. The Hall–Kier alpha value is -2.61. The van der Waals surface area contributed by atoms with E-state index in [1.54, 1.807) is 24.3 Å². The van der Waals surface area contributed by atoms with Crippen molar-refractivity contribution in [3.8, 4) is 0 Å². The van der Waals surface area contributed by atoms with Gasteiger partial charge in [-0.3, -0.25) is 9.59 Å². The lowest BCUT2D eigenvalue weighted by Crippen LogP contribution is -2.46. The van der Waals surface area contributed by atoms with Crippen LogP contribution in [0.25, 0.3) is 0 Å². The number of amides is 4. The zero-order chi connectivity index (χ0) is 19.2. The van der Waals surface area contributed by atoms with Gasteiger partial charge in [0.15, 0.2) is 0 Å². The van der Waals surface area contributed by atoms with E-state index >= 15 is 0 Å². The Balaban J connectivity index is 1.54. The molecule has 4 amide bonds. The van der Waals surface area contributed by atoms with Crippen molar-refractivity contribution in [3.05, 3.63) is 29.8 Å². The van der Waals surface area contributed by atoms with Crippen molar-refractivity contribution in [1.82, 2.24) is 15.5 Å². The number of nitrogens with two attached hydrogens (primary N) is 1. The maximum atomic E-state index is 12.8.